The minimum atomic E-state index is -0.248. The zero-order valence-electron chi connectivity index (χ0n) is 12.5. The molecule has 0 aliphatic rings. The first-order chi connectivity index (χ1) is 9.92. The number of carbonyl (C=O) groups is 1. The van der Waals surface area contributed by atoms with Gasteiger partial charge in [-0.1, -0.05) is 0 Å². The molecule has 112 valence electrons. The third-order valence-corrected chi connectivity index (χ3v) is 3.24. The Kier molecular flexibility index (Phi) is 4.16. The molecule has 21 heavy (non-hydrogen) atoms. The molecule has 1 amide bonds. The summed E-state index contributed by atoms with van der Waals surface area (Å²) in [5.41, 5.74) is 7.30. The van der Waals surface area contributed by atoms with Gasteiger partial charge < -0.3 is 20.2 Å². The zero-order chi connectivity index (χ0) is 15.6. The van der Waals surface area contributed by atoms with Gasteiger partial charge in [-0.05, 0) is 32.9 Å². The van der Waals surface area contributed by atoms with E-state index in [4.69, 9.17) is 5.73 Å². The van der Waals surface area contributed by atoms with Gasteiger partial charge >= 0.3 is 0 Å². The third kappa shape index (κ3) is 3.16. The highest BCUT2D eigenvalue weighted by Crippen LogP contribution is 2.18. The second kappa shape index (κ2) is 5.87. The molecule has 2 aromatic rings. The lowest BCUT2D eigenvalue weighted by molar-refractivity contribution is 0.101. The summed E-state index contributed by atoms with van der Waals surface area (Å²) in [5.74, 6) is -0.248. The normalized spacial score (nSPS) is 10.9. The van der Waals surface area contributed by atoms with E-state index in [0.29, 0.717) is 23.6 Å². The van der Waals surface area contributed by atoms with Crippen molar-refractivity contribution in [3.8, 4) is 0 Å². The van der Waals surface area contributed by atoms with Crippen LogP contribution in [0.1, 0.15) is 37.3 Å². The van der Waals surface area contributed by atoms with Crippen molar-refractivity contribution < 1.29 is 4.79 Å². The predicted molar refractivity (Wildman–Crippen MR) is 83.6 cm³/mol. The zero-order valence-corrected chi connectivity index (χ0v) is 12.5. The Hall–Kier alpha value is -2.50. The van der Waals surface area contributed by atoms with Crippen molar-refractivity contribution >= 4 is 17.3 Å². The van der Waals surface area contributed by atoms with E-state index in [-0.39, 0.29) is 17.5 Å². The van der Waals surface area contributed by atoms with E-state index >= 15 is 0 Å². The Bertz CT molecular complexity index is 713. The third-order valence-electron chi connectivity index (χ3n) is 3.24. The number of hydrogen-bond donors (Lipinski definition) is 2. The lowest BCUT2D eigenvalue weighted by atomic mass is 10.3. The smallest absolute Gasteiger partial charge is 0.272 e. The Morgan fingerprint density at radius 1 is 1.33 bits per heavy atom. The molecule has 0 saturated carbocycles. The molecule has 6 nitrogen and oxygen atoms in total. The highest BCUT2D eigenvalue weighted by Gasteiger charge is 2.15. The SMILES string of the molecule is CCn1cc(NC(=O)c2cc(N)cn2C(C)C)ccc1=O. The summed E-state index contributed by atoms with van der Waals surface area (Å²) in [6, 6.07) is 4.81. The molecular formula is C15H20N4O2. The first-order valence-electron chi connectivity index (χ1n) is 6.91. The van der Waals surface area contributed by atoms with E-state index in [9.17, 15) is 9.59 Å². The molecule has 0 aliphatic carbocycles. The van der Waals surface area contributed by atoms with Crippen molar-refractivity contribution in [2.75, 3.05) is 11.1 Å². The van der Waals surface area contributed by atoms with Gasteiger partial charge in [0.1, 0.15) is 5.69 Å². The van der Waals surface area contributed by atoms with Gasteiger partial charge in [0.25, 0.3) is 11.5 Å². The van der Waals surface area contributed by atoms with Gasteiger partial charge in [-0.2, -0.15) is 0 Å². The molecule has 0 radical (unpaired) electrons. The number of amides is 1. The Morgan fingerprint density at radius 2 is 2.05 bits per heavy atom. The number of rotatable bonds is 4. The molecule has 0 aromatic carbocycles. The molecule has 0 fully saturated rings. The maximum Gasteiger partial charge on any atom is 0.272 e. The van der Waals surface area contributed by atoms with Crippen molar-refractivity contribution in [1.82, 2.24) is 9.13 Å². The highest BCUT2D eigenvalue weighted by atomic mass is 16.2. The Balaban J connectivity index is 2.28. The summed E-state index contributed by atoms with van der Waals surface area (Å²) in [6.07, 6.45) is 3.37. The monoisotopic (exact) mass is 288 g/mol. The van der Waals surface area contributed by atoms with Gasteiger partial charge in [-0.3, -0.25) is 9.59 Å². The van der Waals surface area contributed by atoms with Crippen LogP contribution in [0.3, 0.4) is 0 Å². The number of aryl methyl sites for hydroxylation is 1. The van der Waals surface area contributed by atoms with Gasteiger partial charge in [0.05, 0.1) is 11.4 Å². The van der Waals surface area contributed by atoms with E-state index in [0.717, 1.165) is 0 Å². The minimum Gasteiger partial charge on any atom is -0.397 e. The Morgan fingerprint density at radius 3 is 2.67 bits per heavy atom. The predicted octanol–water partition coefficient (Wildman–Crippen LogP) is 2.09. The standard InChI is InChI=1S/C15H20N4O2/c1-4-18-9-12(5-6-14(18)20)17-15(21)13-7-11(16)8-19(13)10(2)3/h5-10H,4,16H2,1-3H3,(H,17,21). The average Bonchev–Trinajstić information content (AvgIpc) is 2.83. The van der Waals surface area contributed by atoms with Crippen LogP contribution in [0.2, 0.25) is 0 Å². The molecule has 0 atom stereocenters. The van der Waals surface area contributed by atoms with Crippen LogP contribution in [-0.4, -0.2) is 15.0 Å². The number of nitrogens with two attached hydrogens (primary N) is 1. The van der Waals surface area contributed by atoms with Crippen LogP contribution in [0, 0.1) is 0 Å². The van der Waals surface area contributed by atoms with E-state index in [1.165, 1.54) is 10.6 Å². The molecule has 0 saturated heterocycles. The quantitative estimate of drug-likeness (QED) is 0.903. The van der Waals surface area contributed by atoms with Crippen molar-refractivity contribution in [2.45, 2.75) is 33.4 Å². The molecule has 3 N–H and O–H groups in total. The number of anilines is 2. The maximum atomic E-state index is 12.4. The van der Waals surface area contributed by atoms with E-state index in [2.05, 4.69) is 5.32 Å². The fourth-order valence-corrected chi connectivity index (χ4v) is 2.16. The first-order valence-corrected chi connectivity index (χ1v) is 6.91. The molecular weight excluding hydrogens is 268 g/mol. The fourth-order valence-electron chi connectivity index (χ4n) is 2.16. The highest BCUT2D eigenvalue weighted by molar-refractivity contribution is 6.03. The second-order valence-electron chi connectivity index (χ2n) is 5.16. The summed E-state index contributed by atoms with van der Waals surface area (Å²) in [7, 11) is 0. The van der Waals surface area contributed by atoms with Crippen LogP contribution in [0.15, 0.2) is 35.4 Å². The van der Waals surface area contributed by atoms with Crippen molar-refractivity contribution in [1.29, 1.82) is 0 Å². The van der Waals surface area contributed by atoms with Crippen molar-refractivity contribution in [3.05, 3.63) is 46.6 Å². The molecule has 2 rings (SSSR count). The van der Waals surface area contributed by atoms with Crippen LogP contribution >= 0.6 is 0 Å². The minimum absolute atomic E-state index is 0.0923. The summed E-state index contributed by atoms with van der Waals surface area (Å²) in [6.45, 7) is 6.39. The van der Waals surface area contributed by atoms with Gasteiger partial charge in [-0.25, -0.2) is 0 Å². The van der Waals surface area contributed by atoms with Gasteiger partial charge in [0, 0.05) is 31.0 Å². The number of nitrogens with one attached hydrogen (secondary N) is 1. The average molecular weight is 288 g/mol. The van der Waals surface area contributed by atoms with E-state index in [1.54, 1.807) is 24.5 Å². The number of nitrogens with zero attached hydrogens (tertiary/aromatic N) is 2. The number of nitrogen functional groups attached to an aromatic ring is 1. The molecule has 2 heterocycles. The summed E-state index contributed by atoms with van der Waals surface area (Å²) in [5, 5.41) is 2.79. The number of carbonyl (C=O) groups excluding carboxylic acids is 1. The number of hydrogen-bond acceptors (Lipinski definition) is 3. The maximum absolute atomic E-state index is 12.4. The van der Waals surface area contributed by atoms with Gasteiger partial charge in [0.2, 0.25) is 0 Å². The number of pyridine rings is 1. The molecule has 0 bridgehead atoms. The second-order valence-corrected chi connectivity index (χ2v) is 5.16. The van der Waals surface area contributed by atoms with Gasteiger partial charge in [0.15, 0.2) is 0 Å². The van der Waals surface area contributed by atoms with E-state index < -0.39 is 0 Å². The summed E-state index contributed by atoms with van der Waals surface area (Å²) >= 11 is 0. The van der Waals surface area contributed by atoms with E-state index in [1.807, 2.05) is 25.3 Å². The van der Waals surface area contributed by atoms with Crippen LogP contribution < -0.4 is 16.6 Å². The topological polar surface area (TPSA) is 82.0 Å². The summed E-state index contributed by atoms with van der Waals surface area (Å²) in [4.78, 5) is 23.9. The lowest BCUT2D eigenvalue weighted by Crippen LogP contribution is -2.21. The van der Waals surface area contributed by atoms with Gasteiger partial charge in [-0.15, -0.1) is 0 Å². The van der Waals surface area contributed by atoms with Crippen molar-refractivity contribution in [2.24, 2.45) is 0 Å². The van der Waals surface area contributed by atoms with Crippen LogP contribution in [0.4, 0.5) is 11.4 Å². The Labute approximate surface area is 123 Å². The molecule has 6 heteroatoms. The fraction of sp³-hybridized carbons (Fsp3) is 0.333. The molecule has 2 aromatic heterocycles. The number of aromatic nitrogens is 2. The van der Waals surface area contributed by atoms with Crippen LogP contribution in [-0.2, 0) is 6.54 Å². The lowest BCUT2D eigenvalue weighted by Gasteiger charge is -2.13. The van der Waals surface area contributed by atoms with Crippen LogP contribution in [0.25, 0.3) is 0 Å². The summed E-state index contributed by atoms with van der Waals surface area (Å²) < 4.78 is 3.35. The van der Waals surface area contributed by atoms with Crippen LogP contribution in [0.5, 0.6) is 0 Å². The molecule has 0 aliphatic heterocycles. The molecule has 0 spiro atoms. The first kappa shape index (κ1) is 14.9. The van der Waals surface area contributed by atoms with Crippen molar-refractivity contribution in [3.63, 3.8) is 0 Å². The molecule has 0 unspecified atom stereocenters. The largest absolute Gasteiger partial charge is 0.397 e.